The van der Waals surface area contributed by atoms with Crippen molar-refractivity contribution in [3.63, 3.8) is 0 Å². The fourth-order valence-electron chi connectivity index (χ4n) is 2.95. The highest BCUT2D eigenvalue weighted by Gasteiger charge is 2.34. The summed E-state index contributed by atoms with van der Waals surface area (Å²) in [7, 11) is 1.74. The molecule has 2 aromatic rings. The van der Waals surface area contributed by atoms with Crippen LogP contribution < -0.4 is 10.6 Å². The van der Waals surface area contributed by atoms with E-state index in [1.165, 1.54) is 11.8 Å². The summed E-state index contributed by atoms with van der Waals surface area (Å²) in [6.45, 7) is 3.54. The standard InChI is InChI=1S/C15H21N5O2S/c1-9-4-11(22-19-9)5-10-7-20(8-12(10)21-2)14-6-13(16)17-15(18-14)23-3/h4,6,10,12H,5,7-8H2,1-3H3,(H2,16,17,18)/t10-,12+/m1/s1. The molecular formula is C15H21N5O2S. The number of anilines is 2. The Balaban J connectivity index is 1.77. The summed E-state index contributed by atoms with van der Waals surface area (Å²) in [5, 5.41) is 4.64. The largest absolute Gasteiger partial charge is 0.383 e. The van der Waals surface area contributed by atoms with Gasteiger partial charge in [0.25, 0.3) is 0 Å². The van der Waals surface area contributed by atoms with Gasteiger partial charge in [-0.3, -0.25) is 0 Å². The maximum atomic E-state index is 5.89. The molecule has 1 fully saturated rings. The first-order valence-electron chi connectivity index (χ1n) is 7.47. The zero-order chi connectivity index (χ0) is 16.4. The van der Waals surface area contributed by atoms with Gasteiger partial charge in [-0.05, 0) is 13.2 Å². The molecule has 7 nitrogen and oxygen atoms in total. The molecule has 0 unspecified atom stereocenters. The van der Waals surface area contributed by atoms with Crippen LogP contribution in [0.4, 0.5) is 11.6 Å². The number of thioether (sulfide) groups is 1. The molecule has 2 aromatic heterocycles. The van der Waals surface area contributed by atoms with Gasteiger partial charge in [-0.1, -0.05) is 16.9 Å². The third-order valence-corrected chi connectivity index (χ3v) is 4.59. The minimum absolute atomic E-state index is 0.120. The Morgan fingerprint density at radius 2 is 2.22 bits per heavy atom. The Kier molecular flexibility index (Phi) is 4.72. The summed E-state index contributed by atoms with van der Waals surface area (Å²) in [6, 6.07) is 3.79. The number of hydrogen-bond donors (Lipinski definition) is 1. The number of nitrogens with zero attached hydrogens (tertiary/aromatic N) is 4. The fourth-order valence-corrected chi connectivity index (χ4v) is 3.33. The first-order chi connectivity index (χ1) is 11.1. The van der Waals surface area contributed by atoms with E-state index in [0.29, 0.717) is 16.9 Å². The molecule has 0 aromatic carbocycles. The van der Waals surface area contributed by atoms with E-state index >= 15 is 0 Å². The fraction of sp³-hybridized carbons (Fsp3) is 0.533. The van der Waals surface area contributed by atoms with E-state index in [2.05, 4.69) is 20.0 Å². The molecule has 0 saturated carbocycles. The molecule has 8 heteroatoms. The minimum atomic E-state index is 0.120. The van der Waals surface area contributed by atoms with Crippen molar-refractivity contribution in [2.75, 3.05) is 37.1 Å². The lowest BCUT2D eigenvalue weighted by Crippen LogP contribution is -2.24. The highest BCUT2D eigenvalue weighted by atomic mass is 32.2. The van der Waals surface area contributed by atoms with Gasteiger partial charge in [0, 0.05) is 44.7 Å². The van der Waals surface area contributed by atoms with Crippen LogP contribution in [-0.4, -0.2) is 47.7 Å². The summed E-state index contributed by atoms with van der Waals surface area (Å²) in [6.07, 6.45) is 2.86. The van der Waals surface area contributed by atoms with Gasteiger partial charge in [0.1, 0.15) is 17.4 Å². The second kappa shape index (κ2) is 6.76. The lowest BCUT2D eigenvalue weighted by atomic mass is 10.0. The van der Waals surface area contributed by atoms with Crippen molar-refractivity contribution < 1.29 is 9.26 Å². The molecule has 1 aliphatic rings. The minimum Gasteiger partial charge on any atom is -0.383 e. The average molecular weight is 335 g/mol. The molecule has 0 amide bonds. The Labute approximate surface area is 139 Å². The van der Waals surface area contributed by atoms with Crippen molar-refractivity contribution in [1.82, 2.24) is 15.1 Å². The third kappa shape index (κ3) is 3.59. The topological polar surface area (TPSA) is 90.3 Å². The van der Waals surface area contributed by atoms with Gasteiger partial charge in [0.05, 0.1) is 11.8 Å². The molecule has 3 rings (SSSR count). The number of aromatic nitrogens is 3. The number of hydrogen-bond acceptors (Lipinski definition) is 8. The predicted molar refractivity (Wildman–Crippen MR) is 89.7 cm³/mol. The number of rotatable bonds is 5. The van der Waals surface area contributed by atoms with Gasteiger partial charge < -0.3 is 19.9 Å². The molecule has 124 valence electrons. The normalized spacial score (nSPS) is 21.1. The zero-order valence-corrected chi connectivity index (χ0v) is 14.3. The lowest BCUT2D eigenvalue weighted by molar-refractivity contribution is 0.0812. The monoisotopic (exact) mass is 335 g/mol. The number of nitrogen functional groups attached to an aromatic ring is 1. The summed E-state index contributed by atoms with van der Waals surface area (Å²) < 4.78 is 11.0. The molecule has 2 N–H and O–H groups in total. The van der Waals surface area contributed by atoms with Crippen LogP contribution in [-0.2, 0) is 11.2 Å². The van der Waals surface area contributed by atoms with Crippen molar-refractivity contribution >= 4 is 23.4 Å². The molecule has 0 spiro atoms. The van der Waals surface area contributed by atoms with Crippen LogP contribution in [0.15, 0.2) is 21.8 Å². The molecule has 3 heterocycles. The second-order valence-electron chi connectivity index (χ2n) is 5.72. The summed E-state index contributed by atoms with van der Waals surface area (Å²) in [4.78, 5) is 11.0. The van der Waals surface area contributed by atoms with Crippen molar-refractivity contribution in [2.45, 2.75) is 24.6 Å². The predicted octanol–water partition coefficient (Wildman–Crippen LogP) is 1.77. The zero-order valence-electron chi connectivity index (χ0n) is 13.5. The quantitative estimate of drug-likeness (QED) is 0.653. The third-order valence-electron chi connectivity index (χ3n) is 4.04. The van der Waals surface area contributed by atoms with E-state index in [1.54, 1.807) is 7.11 Å². The maximum Gasteiger partial charge on any atom is 0.191 e. The van der Waals surface area contributed by atoms with Crippen LogP contribution in [0.25, 0.3) is 0 Å². The average Bonchev–Trinajstić information content (AvgIpc) is 3.13. The first-order valence-corrected chi connectivity index (χ1v) is 8.70. The summed E-state index contributed by atoms with van der Waals surface area (Å²) in [5.74, 6) is 2.55. The molecule has 2 atom stereocenters. The van der Waals surface area contributed by atoms with Crippen molar-refractivity contribution in [3.8, 4) is 0 Å². The van der Waals surface area contributed by atoms with Crippen molar-refractivity contribution in [3.05, 3.63) is 23.6 Å². The van der Waals surface area contributed by atoms with Crippen molar-refractivity contribution in [2.24, 2.45) is 5.92 Å². The van der Waals surface area contributed by atoms with Gasteiger partial charge in [0.15, 0.2) is 5.16 Å². The second-order valence-corrected chi connectivity index (χ2v) is 6.49. The summed E-state index contributed by atoms with van der Waals surface area (Å²) in [5.41, 5.74) is 6.79. The Bertz CT molecular complexity index is 678. The van der Waals surface area contributed by atoms with E-state index in [0.717, 1.165) is 36.8 Å². The number of ether oxygens (including phenoxy) is 1. The smallest absolute Gasteiger partial charge is 0.191 e. The first kappa shape index (κ1) is 16.1. The molecule has 23 heavy (non-hydrogen) atoms. The maximum absolute atomic E-state index is 5.89. The molecule has 1 aliphatic heterocycles. The highest BCUT2D eigenvalue weighted by Crippen LogP contribution is 2.29. The van der Waals surface area contributed by atoms with Gasteiger partial charge in [0.2, 0.25) is 0 Å². The van der Waals surface area contributed by atoms with Crippen molar-refractivity contribution in [1.29, 1.82) is 0 Å². The Morgan fingerprint density at radius 1 is 1.39 bits per heavy atom. The van der Waals surface area contributed by atoms with Crippen LogP contribution in [0.5, 0.6) is 0 Å². The number of methoxy groups -OCH3 is 1. The van der Waals surface area contributed by atoms with Gasteiger partial charge in [-0.15, -0.1) is 0 Å². The van der Waals surface area contributed by atoms with Crippen LogP contribution in [0, 0.1) is 12.8 Å². The lowest BCUT2D eigenvalue weighted by Gasteiger charge is -2.17. The van der Waals surface area contributed by atoms with Crippen LogP contribution in [0.2, 0.25) is 0 Å². The van der Waals surface area contributed by atoms with E-state index in [9.17, 15) is 0 Å². The SMILES string of the molecule is CO[C@H]1CN(c2cc(N)nc(SC)n2)C[C@H]1Cc1cc(C)no1. The van der Waals surface area contributed by atoms with Gasteiger partial charge in [-0.25, -0.2) is 9.97 Å². The molecule has 1 saturated heterocycles. The van der Waals surface area contributed by atoms with Gasteiger partial charge >= 0.3 is 0 Å². The van der Waals surface area contributed by atoms with Gasteiger partial charge in [-0.2, -0.15) is 0 Å². The highest BCUT2D eigenvalue weighted by molar-refractivity contribution is 7.98. The molecule has 0 radical (unpaired) electrons. The Morgan fingerprint density at radius 3 is 2.87 bits per heavy atom. The van der Waals surface area contributed by atoms with Crippen LogP contribution >= 0.6 is 11.8 Å². The molecule has 0 aliphatic carbocycles. The van der Waals surface area contributed by atoms with E-state index in [-0.39, 0.29) is 6.10 Å². The van der Waals surface area contributed by atoms with E-state index in [1.807, 2.05) is 25.3 Å². The molecule has 0 bridgehead atoms. The molecular weight excluding hydrogens is 314 g/mol. The number of aryl methyl sites for hydroxylation is 1. The van der Waals surface area contributed by atoms with Crippen LogP contribution in [0.3, 0.4) is 0 Å². The van der Waals surface area contributed by atoms with E-state index in [4.69, 9.17) is 15.0 Å². The van der Waals surface area contributed by atoms with E-state index < -0.39 is 0 Å². The van der Waals surface area contributed by atoms with Crippen LogP contribution in [0.1, 0.15) is 11.5 Å². The Hall–Kier alpha value is -1.80. The summed E-state index contributed by atoms with van der Waals surface area (Å²) >= 11 is 1.49. The number of nitrogens with two attached hydrogens (primary N) is 1.